The van der Waals surface area contributed by atoms with Gasteiger partial charge in [0.2, 0.25) is 5.91 Å². The molecule has 1 aromatic heterocycles. The summed E-state index contributed by atoms with van der Waals surface area (Å²) in [6.07, 6.45) is 3.51. The fourth-order valence-corrected chi connectivity index (χ4v) is 4.05. The van der Waals surface area contributed by atoms with Crippen LogP contribution in [0.2, 0.25) is 5.02 Å². The Bertz CT molecular complexity index is 1050. The van der Waals surface area contributed by atoms with E-state index in [1.54, 1.807) is 12.3 Å². The van der Waals surface area contributed by atoms with E-state index in [2.05, 4.69) is 4.98 Å². The molecule has 0 saturated carbocycles. The quantitative estimate of drug-likeness (QED) is 0.570. The SMILES string of the molecule is CCC(=O)N1CCC(Oc2ccc(-c3ccc4cccnc4c3Cl)cc2F)CC1. The number of rotatable bonds is 4. The number of benzene rings is 2. The lowest BCUT2D eigenvalue weighted by Crippen LogP contribution is -2.41. The van der Waals surface area contributed by atoms with Crippen molar-refractivity contribution in [2.75, 3.05) is 13.1 Å². The first-order valence-corrected chi connectivity index (χ1v) is 10.2. The van der Waals surface area contributed by atoms with E-state index in [0.29, 0.717) is 48.5 Å². The van der Waals surface area contributed by atoms with Crippen LogP contribution >= 0.6 is 11.6 Å². The number of ether oxygens (including phenoxy) is 1. The van der Waals surface area contributed by atoms with Crippen molar-refractivity contribution in [3.63, 3.8) is 0 Å². The Morgan fingerprint density at radius 3 is 2.76 bits per heavy atom. The summed E-state index contributed by atoms with van der Waals surface area (Å²) in [4.78, 5) is 18.0. The van der Waals surface area contributed by atoms with Crippen LogP contribution in [-0.4, -0.2) is 35.0 Å². The molecule has 0 bridgehead atoms. The lowest BCUT2D eigenvalue weighted by atomic mass is 10.0. The van der Waals surface area contributed by atoms with Gasteiger partial charge in [-0.1, -0.05) is 42.8 Å². The summed E-state index contributed by atoms with van der Waals surface area (Å²) in [6, 6.07) is 12.5. The molecule has 1 aliphatic heterocycles. The molecule has 0 atom stereocenters. The zero-order valence-corrected chi connectivity index (χ0v) is 17.0. The van der Waals surface area contributed by atoms with E-state index in [1.165, 1.54) is 6.07 Å². The fourth-order valence-electron chi connectivity index (χ4n) is 3.72. The summed E-state index contributed by atoms with van der Waals surface area (Å²) in [6.45, 7) is 3.16. The van der Waals surface area contributed by atoms with E-state index in [0.717, 1.165) is 10.9 Å². The Labute approximate surface area is 174 Å². The molecule has 0 spiro atoms. The maximum Gasteiger partial charge on any atom is 0.222 e. The third-order valence-electron chi connectivity index (χ3n) is 5.35. The number of hydrogen-bond acceptors (Lipinski definition) is 3. The highest BCUT2D eigenvalue weighted by atomic mass is 35.5. The molecule has 1 aliphatic rings. The molecule has 29 heavy (non-hydrogen) atoms. The van der Waals surface area contributed by atoms with Gasteiger partial charge in [-0.3, -0.25) is 9.78 Å². The van der Waals surface area contributed by atoms with Crippen LogP contribution in [0.25, 0.3) is 22.0 Å². The van der Waals surface area contributed by atoms with Gasteiger partial charge in [0.25, 0.3) is 0 Å². The van der Waals surface area contributed by atoms with E-state index >= 15 is 0 Å². The predicted molar refractivity (Wildman–Crippen MR) is 113 cm³/mol. The first-order chi connectivity index (χ1) is 14.1. The number of carbonyl (C=O) groups is 1. The van der Waals surface area contributed by atoms with Crippen LogP contribution in [0, 0.1) is 5.82 Å². The first-order valence-electron chi connectivity index (χ1n) is 9.84. The van der Waals surface area contributed by atoms with Crippen molar-refractivity contribution in [3.8, 4) is 16.9 Å². The molecule has 4 rings (SSSR count). The normalized spacial score (nSPS) is 14.9. The Balaban J connectivity index is 1.51. The topological polar surface area (TPSA) is 42.4 Å². The molecular formula is C23H22ClFN2O2. The van der Waals surface area contributed by atoms with Gasteiger partial charge in [-0.15, -0.1) is 0 Å². The zero-order valence-electron chi connectivity index (χ0n) is 16.2. The number of carbonyl (C=O) groups excluding carboxylic acids is 1. The third-order valence-corrected chi connectivity index (χ3v) is 5.73. The van der Waals surface area contributed by atoms with Crippen molar-refractivity contribution < 1.29 is 13.9 Å². The second-order valence-electron chi connectivity index (χ2n) is 7.20. The predicted octanol–water partition coefficient (Wildman–Crippen LogP) is 5.47. The Morgan fingerprint density at radius 1 is 1.24 bits per heavy atom. The summed E-state index contributed by atoms with van der Waals surface area (Å²) in [5.74, 6) is -0.0449. The summed E-state index contributed by atoms with van der Waals surface area (Å²) in [7, 11) is 0. The minimum atomic E-state index is -0.424. The van der Waals surface area contributed by atoms with Gasteiger partial charge in [-0.2, -0.15) is 0 Å². The van der Waals surface area contributed by atoms with Crippen molar-refractivity contribution in [3.05, 3.63) is 59.5 Å². The van der Waals surface area contributed by atoms with Crippen LogP contribution in [-0.2, 0) is 4.79 Å². The van der Waals surface area contributed by atoms with Crippen molar-refractivity contribution >= 4 is 28.4 Å². The van der Waals surface area contributed by atoms with Crippen LogP contribution in [0.5, 0.6) is 5.75 Å². The average molecular weight is 413 g/mol. The number of nitrogens with zero attached hydrogens (tertiary/aromatic N) is 2. The lowest BCUT2D eigenvalue weighted by molar-refractivity contribution is -0.132. The molecule has 0 N–H and O–H groups in total. The van der Waals surface area contributed by atoms with Crippen LogP contribution in [0.4, 0.5) is 4.39 Å². The third kappa shape index (κ3) is 4.06. The van der Waals surface area contributed by atoms with Gasteiger partial charge >= 0.3 is 0 Å². The first kappa shape index (κ1) is 19.6. The molecule has 2 aromatic carbocycles. The summed E-state index contributed by atoms with van der Waals surface area (Å²) in [5.41, 5.74) is 2.10. The molecule has 1 saturated heterocycles. The summed E-state index contributed by atoms with van der Waals surface area (Å²) in [5, 5.41) is 1.44. The van der Waals surface area contributed by atoms with Crippen LogP contribution in [0.3, 0.4) is 0 Å². The molecule has 2 heterocycles. The van der Waals surface area contributed by atoms with Crippen LogP contribution in [0.1, 0.15) is 26.2 Å². The second kappa shape index (κ2) is 8.37. The highest BCUT2D eigenvalue weighted by Gasteiger charge is 2.24. The summed E-state index contributed by atoms with van der Waals surface area (Å²) < 4.78 is 20.6. The molecule has 1 amide bonds. The fraction of sp³-hybridized carbons (Fsp3) is 0.304. The Morgan fingerprint density at radius 2 is 2.03 bits per heavy atom. The van der Waals surface area contributed by atoms with Gasteiger partial charge in [-0.25, -0.2) is 4.39 Å². The van der Waals surface area contributed by atoms with E-state index < -0.39 is 5.82 Å². The second-order valence-corrected chi connectivity index (χ2v) is 7.58. The number of hydrogen-bond donors (Lipinski definition) is 0. The molecule has 1 fully saturated rings. The largest absolute Gasteiger partial charge is 0.487 e. The van der Waals surface area contributed by atoms with Gasteiger partial charge in [0, 0.05) is 49.5 Å². The van der Waals surface area contributed by atoms with Gasteiger partial charge in [0.1, 0.15) is 6.10 Å². The number of halogens is 2. The number of pyridine rings is 1. The van der Waals surface area contributed by atoms with Crippen molar-refractivity contribution in [1.29, 1.82) is 0 Å². The van der Waals surface area contributed by atoms with E-state index in [-0.39, 0.29) is 17.8 Å². The molecule has 0 aliphatic carbocycles. The number of fused-ring (bicyclic) bond motifs is 1. The van der Waals surface area contributed by atoms with E-state index in [9.17, 15) is 9.18 Å². The number of piperidine rings is 1. The van der Waals surface area contributed by atoms with Crippen LogP contribution in [0.15, 0.2) is 48.7 Å². The van der Waals surface area contributed by atoms with Gasteiger partial charge in [0.05, 0.1) is 10.5 Å². The minimum absolute atomic E-state index is 0.0929. The summed E-state index contributed by atoms with van der Waals surface area (Å²) >= 11 is 6.53. The van der Waals surface area contributed by atoms with Gasteiger partial charge in [0.15, 0.2) is 11.6 Å². The average Bonchev–Trinajstić information content (AvgIpc) is 2.75. The molecule has 4 nitrogen and oxygen atoms in total. The molecular weight excluding hydrogens is 391 g/mol. The standard InChI is InChI=1S/C23H22ClFN2O2/c1-2-21(28)27-12-9-17(10-13-27)29-20-8-6-16(14-19(20)25)18-7-5-15-4-3-11-26-23(15)22(18)24/h3-8,11,14,17H,2,9-10,12-13H2,1H3. The minimum Gasteiger partial charge on any atom is -0.487 e. The zero-order chi connectivity index (χ0) is 20.4. The number of amides is 1. The molecule has 0 unspecified atom stereocenters. The van der Waals surface area contributed by atoms with E-state index in [4.69, 9.17) is 16.3 Å². The monoisotopic (exact) mass is 412 g/mol. The molecule has 6 heteroatoms. The highest BCUT2D eigenvalue weighted by Crippen LogP contribution is 2.35. The van der Waals surface area contributed by atoms with Crippen molar-refractivity contribution in [2.45, 2.75) is 32.3 Å². The molecule has 0 radical (unpaired) electrons. The number of aromatic nitrogens is 1. The maximum absolute atomic E-state index is 14.7. The van der Waals surface area contributed by atoms with Crippen molar-refractivity contribution in [2.24, 2.45) is 0 Å². The molecule has 150 valence electrons. The maximum atomic E-state index is 14.7. The van der Waals surface area contributed by atoms with Gasteiger partial charge < -0.3 is 9.64 Å². The Hall–Kier alpha value is -2.66. The molecule has 3 aromatic rings. The van der Waals surface area contributed by atoms with E-state index in [1.807, 2.05) is 42.2 Å². The lowest BCUT2D eigenvalue weighted by Gasteiger charge is -2.32. The van der Waals surface area contributed by atoms with Gasteiger partial charge in [-0.05, 0) is 23.8 Å². The highest BCUT2D eigenvalue weighted by molar-refractivity contribution is 6.37. The number of likely N-dealkylation sites (tertiary alicyclic amines) is 1. The van der Waals surface area contributed by atoms with Crippen molar-refractivity contribution in [1.82, 2.24) is 9.88 Å². The van der Waals surface area contributed by atoms with Crippen LogP contribution < -0.4 is 4.74 Å². The smallest absolute Gasteiger partial charge is 0.222 e. The Kier molecular flexibility index (Phi) is 5.67.